The number of aliphatic carboxylic acids is 2. The summed E-state index contributed by atoms with van der Waals surface area (Å²) in [6, 6.07) is 7.09. The first-order chi connectivity index (χ1) is 14.4. The molecule has 1 rings (SSSR count). The van der Waals surface area contributed by atoms with Crippen molar-refractivity contribution in [3.05, 3.63) is 29.8 Å². The van der Waals surface area contributed by atoms with Gasteiger partial charge in [-0.2, -0.15) is 0 Å². The maximum absolute atomic E-state index is 11.4. The van der Waals surface area contributed by atoms with Gasteiger partial charge < -0.3 is 20.1 Å². The number of rotatable bonds is 17. The zero-order chi connectivity index (χ0) is 22.4. The maximum atomic E-state index is 11.4. The molecule has 6 nitrogen and oxygen atoms in total. The van der Waals surface area contributed by atoms with Crippen LogP contribution >= 0.6 is 11.8 Å². The SMILES string of the molecule is CCCCCCCCCC(C)Oc1ccccc1C(SCCC(=O)O)C(O)C(=O)O. The fourth-order valence-corrected chi connectivity index (χ4v) is 4.46. The molecular formula is C23H36O6S. The Labute approximate surface area is 184 Å². The van der Waals surface area contributed by atoms with Crippen LogP contribution in [0.1, 0.15) is 82.4 Å². The van der Waals surface area contributed by atoms with E-state index in [4.69, 9.17) is 9.84 Å². The number of benzene rings is 1. The molecule has 30 heavy (non-hydrogen) atoms. The van der Waals surface area contributed by atoms with Crippen LogP contribution < -0.4 is 4.74 Å². The Bertz CT molecular complexity index is 636. The quantitative estimate of drug-likeness (QED) is 0.283. The van der Waals surface area contributed by atoms with Crippen molar-refractivity contribution in [3.8, 4) is 5.75 Å². The first-order valence-corrected chi connectivity index (χ1v) is 11.9. The molecule has 0 aliphatic heterocycles. The molecule has 7 heteroatoms. The molecule has 1 aromatic carbocycles. The van der Waals surface area contributed by atoms with Crippen LogP contribution in [0.5, 0.6) is 5.75 Å². The molecule has 170 valence electrons. The number of unbranched alkanes of at least 4 members (excludes halogenated alkanes) is 6. The Morgan fingerprint density at radius 1 is 1.03 bits per heavy atom. The molecule has 0 aliphatic rings. The predicted molar refractivity (Wildman–Crippen MR) is 120 cm³/mol. The molecule has 0 spiro atoms. The first-order valence-electron chi connectivity index (χ1n) is 10.9. The number of ether oxygens (including phenoxy) is 1. The van der Waals surface area contributed by atoms with Crippen LogP contribution in [0.4, 0.5) is 0 Å². The Kier molecular flexibility index (Phi) is 13.3. The number of aliphatic hydroxyl groups excluding tert-OH is 1. The summed E-state index contributed by atoms with van der Waals surface area (Å²) in [7, 11) is 0. The van der Waals surface area contributed by atoms with E-state index in [2.05, 4.69) is 6.92 Å². The van der Waals surface area contributed by atoms with E-state index in [0.29, 0.717) is 11.3 Å². The number of carboxylic acid groups (broad SMARTS) is 2. The molecule has 3 unspecified atom stereocenters. The van der Waals surface area contributed by atoms with Crippen LogP contribution in [-0.2, 0) is 9.59 Å². The molecule has 0 radical (unpaired) electrons. The lowest BCUT2D eigenvalue weighted by atomic mass is 10.1. The molecular weight excluding hydrogens is 404 g/mol. The third-order valence-electron chi connectivity index (χ3n) is 4.92. The highest BCUT2D eigenvalue weighted by atomic mass is 32.2. The minimum atomic E-state index is -1.65. The second-order valence-corrected chi connectivity index (χ2v) is 8.84. The zero-order valence-corrected chi connectivity index (χ0v) is 18.9. The van der Waals surface area contributed by atoms with Gasteiger partial charge in [0.05, 0.1) is 17.8 Å². The Hall–Kier alpha value is -1.73. The minimum Gasteiger partial charge on any atom is -0.490 e. The fourth-order valence-electron chi connectivity index (χ4n) is 3.24. The molecule has 0 bridgehead atoms. The van der Waals surface area contributed by atoms with Gasteiger partial charge in [0.25, 0.3) is 0 Å². The summed E-state index contributed by atoms with van der Waals surface area (Å²) in [5, 5.41) is 27.6. The normalized spacial score (nSPS) is 14.1. The average Bonchev–Trinajstić information content (AvgIpc) is 2.70. The van der Waals surface area contributed by atoms with E-state index in [1.807, 2.05) is 13.0 Å². The molecule has 0 heterocycles. The lowest BCUT2D eigenvalue weighted by Crippen LogP contribution is -2.27. The van der Waals surface area contributed by atoms with Gasteiger partial charge in [0, 0.05) is 11.3 Å². The van der Waals surface area contributed by atoms with Crippen molar-refractivity contribution in [2.24, 2.45) is 0 Å². The molecule has 1 aromatic rings. The number of hydrogen-bond donors (Lipinski definition) is 3. The van der Waals surface area contributed by atoms with Crippen LogP contribution in [0, 0.1) is 0 Å². The summed E-state index contributed by atoms with van der Waals surface area (Å²) in [4.78, 5) is 22.2. The summed E-state index contributed by atoms with van der Waals surface area (Å²) >= 11 is 1.12. The second kappa shape index (κ2) is 15.1. The molecule has 3 N–H and O–H groups in total. The van der Waals surface area contributed by atoms with Gasteiger partial charge in [-0.15, -0.1) is 11.8 Å². The van der Waals surface area contributed by atoms with Gasteiger partial charge in [-0.1, -0.05) is 63.6 Å². The van der Waals surface area contributed by atoms with E-state index in [1.165, 1.54) is 38.5 Å². The van der Waals surface area contributed by atoms with Gasteiger partial charge >= 0.3 is 11.9 Å². The summed E-state index contributed by atoms with van der Waals surface area (Å²) in [6.07, 6.45) is 7.70. The summed E-state index contributed by atoms with van der Waals surface area (Å²) in [5.41, 5.74) is 0.578. The van der Waals surface area contributed by atoms with E-state index in [0.717, 1.165) is 24.6 Å². The Balaban J connectivity index is 2.70. The Morgan fingerprint density at radius 2 is 1.67 bits per heavy atom. The largest absolute Gasteiger partial charge is 0.490 e. The predicted octanol–water partition coefficient (Wildman–Crippen LogP) is 5.29. The van der Waals surface area contributed by atoms with Gasteiger partial charge in [0.1, 0.15) is 5.75 Å². The van der Waals surface area contributed by atoms with Gasteiger partial charge in [-0.25, -0.2) is 4.79 Å². The molecule has 0 saturated carbocycles. The molecule has 0 aliphatic carbocycles. The highest BCUT2D eigenvalue weighted by Gasteiger charge is 2.30. The first kappa shape index (κ1) is 26.3. The van der Waals surface area contributed by atoms with E-state index < -0.39 is 23.3 Å². The van der Waals surface area contributed by atoms with Gasteiger partial charge in [-0.3, -0.25) is 4.79 Å². The number of hydrogen-bond acceptors (Lipinski definition) is 5. The molecule has 0 amide bonds. The van der Waals surface area contributed by atoms with E-state index in [-0.39, 0.29) is 18.3 Å². The monoisotopic (exact) mass is 440 g/mol. The van der Waals surface area contributed by atoms with Crippen LogP contribution in [0.3, 0.4) is 0 Å². The minimum absolute atomic E-state index is 0.0339. The standard InChI is InChI=1S/C23H36O6S/c1-3-4-5-6-7-8-9-12-17(2)29-19-14-11-10-13-18(19)22(21(26)23(27)28)30-16-15-20(24)25/h10-11,13-14,17,21-22,26H,3-9,12,15-16H2,1-2H3,(H,24,25)(H,27,28). The highest BCUT2D eigenvalue weighted by molar-refractivity contribution is 7.99. The highest BCUT2D eigenvalue weighted by Crippen LogP contribution is 2.38. The van der Waals surface area contributed by atoms with E-state index >= 15 is 0 Å². The van der Waals surface area contributed by atoms with Gasteiger partial charge in [-0.05, 0) is 25.8 Å². The molecule has 0 fully saturated rings. The van der Waals surface area contributed by atoms with E-state index in [9.17, 15) is 19.8 Å². The van der Waals surface area contributed by atoms with Crippen molar-refractivity contribution in [2.45, 2.75) is 89.1 Å². The van der Waals surface area contributed by atoms with Crippen molar-refractivity contribution in [1.82, 2.24) is 0 Å². The van der Waals surface area contributed by atoms with Crippen molar-refractivity contribution in [2.75, 3.05) is 5.75 Å². The van der Waals surface area contributed by atoms with Crippen molar-refractivity contribution in [3.63, 3.8) is 0 Å². The number of carboxylic acids is 2. The van der Waals surface area contributed by atoms with Crippen LogP contribution in [0.15, 0.2) is 24.3 Å². The van der Waals surface area contributed by atoms with Crippen LogP contribution in [-0.4, -0.2) is 45.2 Å². The Morgan fingerprint density at radius 3 is 2.30 bits per heavy atom. The lowest BCUT2D eigenvalue weighted by molar-refractivity contribution is -0.146. The summed E-state index contributed by atoms with van der Waals surface area (Å²) in [6.45, 7) is 4.20. The lowest BCUT2D eigenvalue weighted by Gasteiger charge is -2.24. The van der Waals surface area contributed by atoms with Crippen LogP contribution in [0.2, 0.25) is 0 Å². The summed E-state index contributed by atoms with van der Waals surface area (Å²) < 4.78 is 6.10. The maximum Gasteiger partial charge on any atom is 0.334 e. The average molecular weight is 441 g/mol. The topological polar surface area (TPSA) is 104 Å². The smallest absolute Gasteiger partial charge is 0.334 e. The second-order valence-electron chi connectivity index (χ2n) is 7.59. The van der Waals surface area contributed by atoms with Gasteiger partial charge in [0.2, 0.25) is 0 Å². The molecule has 0 aromatic heterocycles. The van der Waals surface area contributed by atoms with Crippen molar-refractivity contribution < 1.29 is 29.6 Å². The third-order valence-corrected chi connectivity index (χ3v) is 6.23. The summed E-state index contributed by atoms with van der Waals surface area (Å²) in [5.74, 6) is -1.56. The molecule has 3 atom stereocenters. The van der Waals surface area contributed by atoms with Crippen LogP contribution in [0.25, 0.3) is 0 Å². The zero-order valence-electron chi connectivity index (χ0n) is 18.1. The fraction of sp³-hybridized carbons (Fsp3) is 0.652. The molecule has 0 saturated heterocycles. The van der Waals surface area contributed by atoms with Crippen molar-refractivity contribution in [1.29, 1.82) is 0 Å². The number of para-hydroxylation sites is 1. The number of aliphatic hydroxyl groups is 1. The van der Waals surface area contributed by atoms with E-state index in [1.54, 1.807) is 18.2 Å². The van der Waals surface area contributed by atoms with Gasteiger partial charge in [0.15, 0.2) is 6.10 Å². The third kappa shape index (κ3) is 10.3. The number of carbonyl (C=O) groups is 2. The van der Waals surface area contributed by atoms with Crippen molar-refractivity contribution >= 4 is 23.7 Å². The number of thioether (sulfide) groups is 1.